The topological polar surface area (TPSA) is 97.0 Å². The van der Waals surface area contributed by atoms with Crippen LogP contribution < -0.4 is 15.4 Å². The normalized spacial score (nSPS) is 17.9. The number of amides is 3. The van der Waals surface area contributed by atoms with E-state index in [0.29, 0.717) is 17.9 Å². The van der Waals surface area contributed by atoms with E-state index in [9.17, 15) is 14.4 Å². The molecule has 4 unspecified atom stereocenters. The highest BCUT2D eigenvalue weighted by Crippen LogP contribution is 2.41. The van der Waals surface area contributed by atoms with Gasteiger partial charge in [0.1, 0.15) is 23.4 Å². The molecule has 2 aromatic rings. The van der Waals surface area contributed by atoms with Crippen molar-refractivity contribution >= 4 is 23.6 Å². The maximum Gasteiger partial charge on any atom is 0.408 e. The van der Waals surface area contributed by atoms with Gasteiger partial charge < -0.3 is 25.0 Å². The Bertz CT molecular complexity index is 1200. The van der Waals surface area contributed by atoms with Crippen molar-refractivity contribution in [3.63, 3.8) is 0 Å². The summed E-state index contributed by atoms with van der Waals surface area (Å²) in [5.74, 6) is 0.420. The molecule has 40 heavy (non-hydrogen) atoms. The van der Waals surface area contributed by atoms with Crippen LogP contribution in [-0.4, -0.2) is 47.6 Å². The van der Waals surface area contributed by atoms with Gasteiger partial charge in [-0.1, -0.05) is 39.0 Å². The lowest BCUT2D eigenvalue weighted by atomic mass is 9.96. The number of alkyl carbamates (subject to hydrolysis) is 1. The van der Waals surface area contributed by atoms with Crippen molar-refractivity contribution in [1.82, 2.24) is 10.2 Å². The third kappa shape index (κ3) is 8.23. The number of carbonyl (C=O) groups is 3. The molecule has 4 atom stereocenters. The van der Waals surface area contributed by atoms with Crippen LogP contribution in [0.1, 0.15) is 77.1 Å². The molecule has 0 aliphatic heterocycles. The summed E-state index contributed by atoms with van der Waals surface area (Å²) in [6.45, 7) is 15.4. The first-order valence-electron chi connectivity index (χ1n) is 14.0. The molecule has 0 radical (unpaired) electrons. The van der Waals surface area contributed by atoms with Gasteiger partial charge in [0.2, 0.25) is 5.91 Å². The quantitative estimate of drug-likeness (QED) is 0.368. The number of hydrogen-bond acceptors (Lipinski definition) is 5. The second kappa shape index (κ2) is 12.7. The zero-order chi connectivity index (χ0) is 29.8. The van der Waals surface area contributed by atoms with E-state index in [1.54, 1.807) is 57.0 Å². The molecular formula is C32H45N3O5. The molecule has 0 aromatic heterocycles. The molecule has 8 nitrogen and oxygen atoms in total. The van der Waals surface area contributed by atoms with Gasteiger partial charge in [-0.15, -0.1) is 0 Å². The summed E-state index contributed by atoms with van der Waals surface area (Å²) in [6.07, 6.45) is 0.541. The molecule has 3 amide bonds. The van der Waals surface area contributed by atoms with Gasteiger partial charge in [-0.25, -0.2) is 4.79 Å². The predicted octanol–water partition coefficient (Wildman–Crippen LogP) is 6.17. The van der Waals surface area contributed by atoms with Gasteiger partial charge in [-0.05, 0) is 100 Å². The first-order chi connectivity index (χ1) is 18.7. The van der Waals surface area contributed by atoms with Crippen molar-refractivity contribution in [1.29, 1.82) is 0 Å². The molecule has 2 aromatic carbocycles. The van der Waals surface area contributed by atoms with Crippen molar-refractivity contribution < 1.29 is 23.9 Å². The first-order valence-corrected chi connectivity index (χ1v) is 14.0. The van der Waals surface area contributed by atoms with Crippen molar-refractivity contribution in [2.45, 2.75) is 92.0 Å². The molecule has 218 valence electrons. The molecular weight excluding hydrogens is 506 g/mol. The van der Waals surface area contributed by atoms with Crippen molar-refractivity contribution in [3.8, 4) is 5.75 Å². The van der Waals surface area contributed by atoms with Crippen molar-refractivity contribution in [2.75, 3.05) is 12.4 Å². The molecule has 0 spiro atoms. The van der Waals surface area contributed by atoms with Gasteiger partial charge >= 0.3 is 6.09 Å². The molecule has 1 aliphatic rings. The lowest BCUT2D eigenvalue weighted by Gasteiger charge is -2.35. The minimum absolute atomic E-state index is 0.121. The highest BCUT2D eigenvalue weighted by atomic mass is 16.6. The van der Waals surface area contributed by atoms with Gasteiger partial charge in [-0.3, -0.25) is 9.59 Å². The zero-order valence-electron chi connectivity index (χ0n) is 25.3. The first kappa shape index (κ1) is 31.0. The average Bonchev–Trinajstić information content (AvgIpc) is 3.58. The van der Waals surface area contributed by atoms with Crippen LogP contribution >= 0.6 is 0 Å². The minimum Gasteiger partial charge on any atom is -0.497 e. The number of benzene rings is 2. The fourth-order valence-electron chi connectivity index (χ4n) is 4.75. The van der Waals surface area contributed by atoms with E-state index in [0.717, 1.165) is 23.1 Å². The van der Waals surface area contributed by atoms with E-state index in [-0.39, 0.29) is 29.7 Å². The molecule has 1 fully saturated rings. The fourth-order valence-corrected chi connectivity index (χ4v) is 4.75. The van der Waals surface area contributed by atoms with Crippen LogP contribution in [0.25, 0.3) is 0 Å². The number of nitrogens with zero attached hydrogens (tertiary/aromatic N) is 1. The lowest BCUT2D eigenvalue weighted by Crippen LogP contribution is -2.53. The van der Waals surface area contributed by atoms with E-state index in [1.807, 2.05) is 45.9 Å². The standard InChI is InChI=1S/C32H45N3O5/c1-19(2)16-26(34-31(38)40-32(6,7)8)30(37)35(27-18-22(27)5)28(23-11-10-20(3)21(4)17-23)29(36)33-24-12-14-25(39-9)15-13-24/h10-15,17,19,22,26-28H,16,18H2,1-9H3,(H,33,36)(H,34,38). The minimum atomic E-state index is -0.890. The number of aryl methyl sites for hydroxylation is 2. The van der Waals surface area contributed by atoms with Crippen LogP contribution in [0.2, 0.25) is 0 Å². The van der Waals surface area contributed by atoms with Crippen LogP contribution in [0.5, 0.6) is 5.75 Å². The van der Waals surface area contributed by atoms with Crippen LogP contribution in [0.15, 0.2) is 42.5 Å². The second-order valence-corrected chi connectivity index (χ2v) is 12.3. The number of hydrogen-bond donors (Lipinski definition) is 2. The summed E-state index contributed by atoms with van der Waals surface area (Å²) in [5, 5.41) is 5.82. The lowest BCUT2D eigenvalue weighted by molar-refractivity contribution is -0.142. The number of nitrogens with one attached hydrogen (secondary N) is 2. The monoisotopic (exact) mass is 551 g/mol. The van der Waals surface area contributed by atoms with E-state index in [1.165, 1.54) is 0 Å². The number of anilines is 1. The third-order valence-electron chi connectivity index (χ3n) is 7.11. The average molecular weight is 552 g/mol. The summed E-state index contributed by atoms with van der Waals surface area (Å²) < 4.78 is 10.7. The maximum atomic E-state index is 14.4. The summed E-state index contributed by atoms with van der Waals surface area (Å²) in [7, 11) is 1.59. The maximum absolute atomic E-state index is 14.4. The van der Waals surface area contributed by atoms with E-state index in [4.69, 9.17) is 9.47 Å². The van der Waals surface area contributed by atoms with Crippen LogP contribution in [-0.2, 0) is 14.3 Å². The van der Waals surface area contributed by atoms with Crippen molar-refractivity contribution in [3.05, 3.63) is 59.2 Å². The predicted molar refractivity (Wildman–Crippen MR) is 157 cm³/mol. The van der Waals surface area contributed by atoms with E-state index < -0.39 is 23.8 Å². The summed E-state index contributed by atoms with van der Waals surface area (Å²) in [5.41, 5.74) is 2.74. The molecule has 0 bridgehead atoms. The number of carbonyl (C=O) groups excluding carboxylic acids is 3. The Morgan fingerprint density at radius 3 is 2.15 bits per heavy atom. The van der Waals surface area contributed by atoms with Crippen LogP contribution in [0.4, 0.5) is 10.5 Å². The molecule has 1 aliphatic carbocycles. The van der Waals surface area contributed by atoms with Crippen LogP contribution in [0.3, 0.4) is 0 Å². The Hall–Kier alpha value is -3.55. The Kier molecular flexibility index (Phi) is 9.87. The largest absolute Gasteiger partial charge is 0.497 e. The van der Waals surface area contributed by atoms with Gasteiger partial charge in [-0.2, -0.15) is 0 Å². The number of rotatable bonds is 10. The second-order valence-electron chi connectivity index (χ2n) is 12.3. The summed E-state index contributed by atoms with van der Waals surface area (Å²) in [4.78, 5) is 42.9. The third-order valence-corrected chi connectivity index (χ3v) is 7.11. The Balaban J connectivity index is 2.03. The van der Waals surface area contributed by atoms with E-state index in [2.05, 4.69) is 17.6 Å². The van der Waals surface area contributed by atoms with Gasteiger partial charge in [0.15, 0.2) is 0 Å². The summed E-state index contributed by atoms with van der Waals surface area (Å²) in [6, 6.07) is 11.1. The van der Waals surface area contributed by atoms with Crippen LogP contribution in [0, 0.1) is 25.7 Å². The Morgan fingerprint density at radius 1 is 1.02 bits per heavy atom. The highest BCUT2D eigenvalue weighted by Gasteiger charge is 2.48. The highest BCUT2D eigenvalue weighted by molar-refractivity contribution is 5.99. The van der Waals surface area contributed by atoms with Gasteiger partial charge in [0.25, 0.3) is 5.91 Å². The van der Waals surface area contributed by atoms with E-state index >= 15 is 0 Å². The zero-order valence-corrected chi connectivity index (χ0v) is 25.3. The van der Waals surface area contributed by atoms with Gasteiger partial charge in [0, 0.05) is 11.7 Å². The number of methoxy groups -OCH3 is 1. The van der Waals surface area contributed by atoms with Crippen molar-refractivity contribution in [2.24, 2.45) is 11.8 Å². The molecule has 8 heteroatoms. The molecule has 3 rings (SSSR count). The number of ether oxygens (including phenoxy) is 2. The molecule has 2 N–H and O–H groups in total. The SMILES string of the molecule is COc1ccc(NC(=O)C(c2ccc(C)c(C)c2)N(C(=O)C(CC(C)C)NC(=O)OC(C)(C)C)C2CC2C)cc1. The Labute approximate surface area is 238 Å². The molecule has 0 heterocycles. The molecule has 0 saturated heterocycles. The Morgan fingerprint density at radius 2 is 1.65 bits per heavy atom. The smallest absolute Gasteiger partial charge is 0.408 e. The van der Waals surface area contributed by atoms with Gasteiger partial charge in [0.05, 0.1) is 7.11 Å². The summed E-state index contributed by atoms with van der Waals surface area (Å²) >= 11 is 0. The molecule has 1 saturated carbocycles. The fraction of sp³-hybridized carbons (Fsp3) is 0.531.